The molecule has 1 rings (SSSR count). The normalized spacial score (nSPS) is 25.2. The number of rotatable bonds is 2. The fourth-order valence-electron chi connectivity index (χ4n) is 1.74. The van der Waals surface area contributed by atoms with Gasteiger partial charge in [-0.05, 0) is 41.2 Å². The lowest BCUT2D eigenvalue weighted by Crippen LogP contribution is -2.15. The molecule has 12 heavy (non-hydrogen) atoms. The highest BCUT2D eigenvalue weighted by molar-refractivity contribution is 9.11. The average molecular weight is 233 g/mol. The van der Waals surface area contributed by atoms with E-state index in [0.717, 1.165) is 24.7 Å². The lowest BCUT2D eigenvalue weighted by Gasteiger charge is -2.27. The van der Waals surface area contributed by atoms with Gasteiger partial charge in [-0.2, -0.15) is 0 Å². The number of hydrogen-bond acceptors (Lipinski definition) is 1. The van der Waals surface area contributed by atoms with Gasteiger partial charge in [0.15, 0.2) is 0 Å². The number of hydrogen-bond donors (Lipinski definition) is 1. The molecule has 0 aliphatic heterocycles. The molecule has 0 bridgehead atoms. The lowest BCUT2D eigenvalue weighted by atomic mass is 9.82. The van der Waals surface area contributed by atoms with Crippen LogP contribution < -0.4 is 0 Å². The van der Waals surface area contributed by atoms with Crippen LogP contribution in [-0.2, 0) is 0 Å². The Morgan fingerprint density at radius 2 is 2.25 bits per heavy atom. The molecule has 0 aromatic heterocycles. The summed E-state index contributed by atoms with van der Waals surface area (Å²) in [7, 11) is 0. The van der Waals surface area contributed by atoms with E-state index in [0.29, 0.717) is 0 Å². The molecule has 0 saturated carbocycles. The minimum Gasteiger partial charge on any atom is -0.392 e. The molecule has 0 radical (unpaired) electrons. The smallest absolute Gasteiger partial charge is 0.0652 e. The van der Waals surface area contributed by atoms with Gasteiger partial charge in [0, 0.05) is 0 Å². The molecule has 0 unspecified atom stereocenters. The van der Waals surface area contributed by atoms with Crippen LogP contribution in [0.4, 0.5) is 0 Å². The summed E-state index contributed by atoms with van der Waals surface area (Å²) in [6.45, 7) is 4.75. The Morgan fingerprint density at radius 1 is 1.58 bits per heavy atom. The zero-order valence-electron chi connectivity index (χ0n) is 7.81. The Balaban J connectivity index is 2.61. The zero-order chi connectivity index (χ0) is 9.14. The molecule has 0 aromatic carbocycles. The van der Waals surface area contributed by atoms with Gasteiger partial charge in [0.1, 0.15) is 0 Å². The first kappa shape index (κ1) is 10.3. The predicted molar refractivity (Wildman–Crippen MR) is 55.2 cm³/mol. The van der Waals surface area contributed by atoms with Crippen LogP contribution in [0, 0.1) is 11.8 Å². The quantitative estimate of drug-likeness (QED) is 0.777. The number of halogens is 1. The van der Waals surface area contributed by atoms with E-state index in [1.54, 1.807) is 0 Å². The summed E-state index contributed by atoms with van der Waals surface area (Å²) < 4.78 is 1.24. The molecule has 1 aliphatic rings. The molecule has 1 N–H and O–H groups in total. The third-order valence-corrected chi connectivity index (χ3v) is 3.72. The molecule has 70 valence electrons. The molecular formula is C10H17BrO. The fraction of sp³-hybridized carbons (Fsp3) is 0.800. The van der Waals surface area contributed by atoms with Crippen LogP contribution in [0.1, 0.15) is 33.1 Å². The molecule has 0 heterocycles. The van der Waals surface area contributed by atoms with Crippen molar-refractivity contribution in [1.29, 1.82) is 0 Å². The topological polar surface area (TPSA) is 20.2 Å². The standard InChI is InChI=1S/C10H17BrO/c1-7(2)8-3-4-10(11)9(5-8)6-12/h7-8,12H,3-6H2,1-2H3/t8-/m1/s1. The number of aliphatic hydroxyl groups is 1. The highest BCUT2D eigenvalue weighted by Crippen LogP contribution is 2.35. The van der Waals surface area contributed by atoms with Crippen molar-refractivity contribution in [3.05, 3.63) is 10.1 Å². The van der Waals surface area contributed by atoms with E-state index in [1.165, 1.54) is 16.5 Å². The van der Waals surface area contributed by atoms with Gasteiger partial charge in [-0.15, -0.1) is 0 Å². The Morgan fingerprint density at radius 3 is 2.75 bits per heavy atom. The van der Waals surface area contributed by atoms with Crippen molar-refractivity contribution in [3.63, 3.8) is 0 Å². The van der Waals surface area contributed by atoms with E-state index in [9.17, 15) is 0 Å². The van der Waals surface area contributed by atoms with Crippen molar-refractivity contribution in [2.24, 2.45) is 11.8 Å². The molecule has 1 aliphatic carbocycles. The van der Waals surface area contributed by atoms with Crippen LogP contribution >= 0.6 is 15.9 Å². The molecule has 0 saturated heterocycles. The minimum atomic E-state index is 0.226. The second-order valence-corrected chi connectivity index (χ2v) is 4.87. The Hall–Kier alpha value is 0.180. The van der Waals surface area contributed by atoms with Crippen molar-refractivity contribution < 1.29 is 5.11 Å². The van der Waals surface area contributed by atoms with Crippen LogP contribution in [0.2, 0.25) is 0 Å². The Labute approximate surface area is 83.0 Å². The largest absolute Gasteiger partial charge is 0.392 e. The maximum atomic E-state index is 9.07. The van der Waals surface area contributed by atoms with E-state index in [2.05, 4.69) is 29.8 Å². The van der Waals surface area contributed by atoms with Gasteiger partial charge in [-0.3, -0.25) is 0 Å². The molecule has 0 fully saturated rings. The second kappa shape index (κ2) is 4.43. The summed E-state index contributed by atoms with van der Waals surface area (Å²) in [5.41, 5.74) is 1.21. The van der Waals surface area contributed by atoms with Crippen LogP contribution in [0.3, 0.4) is 0 Å². The Kier molecular flexibility index (Phi) is 3.78. The second-order valence-electron chi connectivity index (χ2n) is 3.91. The molecule has 0 aromatic rings. The first-order valence-corrected chi connectivity index (χ1v) is 5.41. The molecule has 1 atom stereocenters. The van der Waals surface area contributed by atoms with Gasteiger partial charge in [-0.25, -0.2) is 0 Å². The van der Waals surface area contributed by atoms with Crippen molar-refractivity contribution in [2.75, 3.05) is 6.61 Å². The summed E-state index contributed by atoms with van der Waals surface area (Å²) in [4.78, 5) is 0. The van der Waals surface area contributed by atoms with Gasteiger partial charge in [0.25, 0.3) is 0 Å². The third kappa shape index (κ3) is 2.33. The molecule has 1 nitrogen and oxygen atoms in total. The number of allylic oxidation sites excluding steroid dienone is 1. The van der Waals surface area contributed by atoms with Crippen LogP contribution in [0.5, 0.6) is 0 Å². The third-order valence-electron chi connectivity index (χ3n) is 2.76. The molecule has 0 amide bonds. The molecule has 0 spiro atoms. The molecule has 2 heteroatoms. The number of aliphatic hydroxyl groups excluding tert-OH is 1. The monoisotopic (exact) mass is 232 g/mol. The molecular weight excluding hydrogens is 216 g/mol. The van der Waals surface area contributed by atoms with Gasteiger partial charge in [0.05, 0.1) is 6.61 Å². The van der Waals surface area contributed by atoms with E-state index < -0.39 is 0 Å². The predicted octanol–water partition coefficient (Wildman–Crippen LogP) is 3.08. The van der Waals surface area contributed by atoms with Gasteiger partial charge in [-0.1, -0.05) is 29.8 Å². The van der Waals surface area contributed by atoms with E-state index in [1.807, 2.05) is 0 Å². The van der Waals surface area contributed by atoms with Crippen molar-refractivity contribution >= 4 is 15.9 Å². The van der Waals surface area contributed by atoms with E-state index in [-0.39, 0.29) is 6.61 Å². The zero-order valence-corrected chi connectivity index (χ0v) is 9.39. The highest BCUT2D eigenvalue weighted by Gasteiger charge is 2.21. The van der Waals surface area contributed by atoms with Crippen molar-refractivity contribution in [1.82, 2.24) is 0 Å². The van der Waals surface area contributed by atoms with Crippen molar-refractivity contribution in [3.8, 4) is 0 Å². The van der Waals surface area contributed by atoms with Gasteiger partial charge >= 0.3 is 0 Å². The summed E-state index contributed by atoms with van der Waals surface area (Å²) in [6.07, 6.45) is 3.45. The summed E-state index contributed by atoms with van der Waals surface area (Å²) in [5.74, 6) is 1.51. The van der Waals surface area contributed by atoms with Gasteiger partial charge < -0.3 is 5.11 Å². The van der Waals surface area contributed by atoms with Crippen molar-refractivity contribution in [2.45, 2.75) is 33.1 Å². The first-order chi connectivity index (χ1) is 5.65. The SMILES string of the molecule is CC(C)[C@@H]1CCC(Br)=C(CO)C1. The van der Waals surface area contributed by atoms with Crippen LogP contribution in [0.25, 0.3) is 0 Å². The summed E-state index contributed by atoms with van der Waals surface area (Å²) in [6, 6.07) is 0. The average Bonchev–Trinajstić information content (AvgIpc) is 2.05. The first-order valence-electron chi connectivity index (χ1n) is 4.62. The van der Waals surface area contributed by atoms with Gasteiger partial charge in [0.2, 0.25) is 0 Å². The highest BCUT2D eigenvalue weighted by atomic mass is 79.9. The maximum Gasteiger partial charge on any atom is 0.0652 e. The van der Waals surface area contributed by atoms with E-state index >= 15 is 0 Å². The summed E-state index contributed by atoms with van der Waals surface area (Å²) in [5, 5.41) is 9.07. The summed E-state index contributed by atoms with van der Waals surface area (Å²) >= 11 is 3.51. The van der Waals surface area contributed by atoms with E-state index in [4.69, 9.17) is 5.11 Å². The minimum absolute atomic E-state index is 0.226. The maximum absolute atomic E-state index is 9.07. The van der Waals surface area contributed by atoms with Crippen LogP contribution in [0.15, 0.2) is 10.1 Å². The Bertz CT molecular complexity index is 184. The van der Waals surface area contributed by atoms with Crippen LogP contribution in [-0.4, -0.2) is 11.7 Å². The fourth-order valence-corrected chi connectivity index (χ4v) is 2.25. The lowest BCUT2D eigenvalue weighted by molar-refractivity contribution is 0.288.